The minimum Gasteiger partial charge on any atom is -0.338 e. The van der Waals surface area contributed by atoms with E-state index in [-0.39, 0.29) is 6.04 Å². The summed E-state index contributed by atoms with van der Waals surface area (Å²) in [7, 11) is 0. The molecule has 0 radical (unpaired) electrons. The first kappa shape index (κ1) is 12.9. The Kier molecular flexibility index (Phi) is 3.98. The van der Waals surface area contributed by atoms with Gasteiger partial charge in [-0.15, -0.1) is 0 Å². The van der Waals surface area contributed by atoms with Crippen LogP contribution in [-0.4, -0.2) is 54.3 Å². The molecule has 6 nitrogen and oxygen atoms in total. The number of hydrogen-bond donors (Lipinski definition) is 1. The summed E-state index contributed by atoms with van der Waals surface area (Å²) in [6.07, 6.45) is 3.78. The van der Waals surface area contributed by atoms with Crippen LogP contribution in [0, 0.1) is 0 Å². The van der Waals surface area contributed by atoms with Crippen LogP contribution in [0.1, 0.15) is 38.1 Å². The first-order chi connectivity index (χ1) is 9.34. The Hall–Kier alpha value is -1.14. The zero-order valence-corrected chi connectivity index (χ0v) is 11.6. The molecule has 1 aromatic heterocycles. The van der Waals surface area contributed by atoms with Crippen molar-refractivity contribution in [3.8, 4) is 0 Å². The van der Waals surface area contributed by atoms with Gasteiger partial charge in [0.25, 0.3) is 5.95 Å². The monoisotopic (exact) mass is 265 g/mol. The van der Waals surface area contributed by atoms with Gasteiger partial charge in [0.05, 0.1) is 6.04 Å². The Morgan fingerprint density at radius 3 is 2.58 bits per heavy atom. The maximum Gasteiger partial charge on any atom is 0.266 e. The van der Waals surface area contributed by atoms with Crippen LogP contribution in [0.5, 0.6) is 0 Å². The van der Waals surface area contributed by atoms with Gasteiger partial charge in [-0.25, -0.2) is 0 Å². The summed E-state index contributed by atoms with van der Waals surface area (Å²) in [5, 5.41) is 7.51. The lowest BCUT2D eigenvalue weighted by Crippen LogP contribution is -2.44. The first-order valence-electron chi connectivity index (χ1n) is 7.38. The molecule has 0 saturated carbocycles. The van der Waals surface area contributed by atoms with Crippen molar-refractivity contribution in [2.45, 2.75) is 32.2 Å². The van der Waals surface area contributed by atoms with Crippen LogP contribution < -0.4 is 10.2 Å². The van der Waals surface area contributed by atoms with Gasteiger partial charge in [-0.1, -0.05) is 0 Å². The molecule has 0 amide bonds. The van der Waals surface area contributed by atoms with Gasteiger partial charge in [0.2, 0.25) is 5.89 Å². The second kappa shape index (κ2) is 5.88. The molecule has 106 valence electrons. The lowest BCUT2D eigenvalue weighted by atomic mass is 10.1. The summed E-state index contributed by atoms with van der Waals surface area (Å²) in [5.41, 5.74) is 0. The third kappa shape index (κ3) is 2.90. The Bertz CT molecular complexity index is 395. The van der Waals surface area contributed by atoms with E-state index in [1.54, 1.807) is 0 Å². The molecule has 2 saturated heterocycles. The second-order valence-corrected chi connectivity index (χ2v) is 5.44. The van der Waals surface area contributed by atoms with Crippen molar-refractivity contribution < 1.29 is 4.52 Å². The van der Waals surface area contributed by atoms with Gasteiger partial charge in [0.1, 0.15) is 0 Å². The van der Waals surface area contributed by atoms with Gasteiger partial charge in [-0.2, -0.15) is 4.98 Å². The summed E-state index contributed by atoms with van der Waals surface area (Å²) in [4.78, 5) is 9.23. The molecule has 6 heteroatoms. The van der Waals surface area contributed by atoms with E-state index in [1.807, 2.05) is 0 Å². The number of nitrogens with zero attached hydrogens (tertiary/aromatic N) is 4. The van der Waals surface area contributed by atoms with Crippen LogP contribution in [-0.2, 0) is 0 Å². The number of anilines is 1. The van der Waals surface area contributed by atoms with Crippen LogP contribution in [0.15, 0.2) is 4.52 Å². The van der Waals surface area contributed by atoms with Crippen molar-refractivity contribution in [3.63, 3.8) is 0 Å². The number of piperazine rings is 1. The van der Waals surface area contributed by atoms with E-state index in [2.05, 4.69) is 32.2 Å². The zero-order chi connectivity index (χ0) is 13.1. The highest BCUT2D eigenvalue weighted by molar-refractivity contribution is 5.28. The van der Waals surface area contributed by atoms with Gasteiger partial charge in [-0.3, -0.25) is 4.90 Å². The molecule has 3 heterocycles. The Balaban J connectivity index is 1.65. The fourth-order valence-electron chi connectivity index (χ4n) is 2.84. The van der Waals surface area contributed by atoms with E-state index >= 15 is 0 Å². The van der Waals surface area contributed by atoms with Crippen LogP contribution >= 0.6 is 0 Å². The van der Waals surface area contributed by atoms with E-state index in [1.165, 1.54) is 19.3 Å². The Morgan fingerprint density at radius 1 is 1.11 bits per heavy atom. The number of rotatable bonds is 3. The van der Waals surface area contributed by atoms with Gasteiger partial charge in [0.15, 0.2) is 0 Å². The summed E-state index contributed by atoms with van der Waals surface area (Å²) < 4.78 is 5.47. The molecule has 1 N–H and O–H groups in total. The quantitative estimate of drug-likeness (QED) is 0.881. The molecule has 19 heavy (non-hydrogen) atoms. The summed E-state index contributed by atoms with van der Waals surface area (Å²) in [6.45, 7) is 8.43. The van der Waals surface area contributed by atoms with Crippen LogP contribution in [0.4, 0.5) is 5.95 Å². The van der Waals surface area contributed by atoms with E-state index in [0.717, 1.165) is 51.1 Å². The standard InChI is InChI=1S/C13H23N5O/c1-11(17-9-5-14-6-10-17)12-15-13(16-19-12)18-7-3-2-4-8-18/h11,14H,2-10H2,1H3. The van der Waals surface area contributed by atoms with Gasteiger partial charge >= 0.3 is 0 Å². The normalized spacial score (nSPS) is 23.5. The number of piperidine rings is 1. The predicted octanol–water partition coefficient (Wildman–Crippen LogP) is 1.03. The maximum atomic E-state index is 5.47. The summed E-state index contributed by atoms with van der Waals surface area (Å²) >= 11 is 0. The van der Waals surface area contributed by atoms with Gasteiger partial charge in [-0.05, 0) is 31.3 Å². The SMILES string of the molecule is CC(c1nc(N2CCCCC2)no1)N1CCNCC1. The van der Waals surface area contributed by atoms with Gasteiger partial charge < -0.3 is 14.7 Å². The fourth-order valence-corrected chi connectivity index (χ4v) is 2.84. The molecule has 0 spiro atoms. The highest BCUT2D eigenvalue weighted by Crippen LogP contribution is 2.22. The van der Waals surface area contributed by atoms with Crippen molar-refractivity contribution in [3.05, 3.63) is 5.89 Å². The molecule has 1 aromatic rings. The molecule has 3 rings (SSSR count). The third-order valence-corrected chi connectivity index (χ3v) is 4.13. The average Bonchev–Trinajstić information content (AvgIpc) is 2.98. The third-order valence-electron chi connectivity index (χ3n) is 4.13. The lowest BCUT2D eigenvalue weighted by molar-refractivity contribution is 0.154. The first-order valence-corrected chi connectivity index (χ1v) is 7.38. The molecule has 1 atom stereocenters. The predicted molar refractivity (Wildman–Crippen MR) is 73.2 cm³/mol. The smallest absolute Gasteiger partial charge is 0.266 e. The lowest BCUT2D eigenvalue weighted by Gasteiger charge is -2.30. The zero-order valence-electron chi connectivity index (χ0n) is 11.6. The molecule has 0 aromatic carbocycles. The largest absolute Gasteiger partial charge is 0.338 e. The number of aromatic nitrogens is 2. The molecule has 0 aliphatic carbocycles. The highest BCUT2D eigenvalue weighted by atomic mass is 16.5. The van der Waals surface area contributed by atoms with Crippen molar-refractivity contribution in [1.82, 2.24) is 20.4 Å². The van der Waals surface area contributed by atoms with Crippen LogP contribution in [0.2, 0.25) is 0 Å². The van der Waals surface area contributed by atoms with Crippen molar-refractivity contribution in [2.24, 2.45) is 0 Å². The van der Waals surface area contributed by atoms with E-state index in [4.69, 9.17) is 4.52 Å². The highest BCUT2D eigenvalue weighted by Gasteiger charge is 2.24. The van der Waals surface area contributed by atoms with E-state index in [0.29, 0.717) is 0 Å². The maximum absolute atomic E-state index is 5.47. The number of nitrogens with one attached hydrogen (secondary N) is 1. The molecule has 0 bridgehead atoms. The molecular formula is C13H23N5O. The Labute approximate surface area is 114 Å². The van der Waals surface area contributed by atoms with Crippen molar-refractivity contribution in [1.29, 1.82) is 0 Å². The van der Waals surface area contributed by atoms with Gasteiger partial charge in [0, 0.05) is 39.3 Å². The number of hydrogen-bond acceptors (Lipinski definition) is 6. The Morgan fingerprint density at radius 2 is 1.84 bits per heavy atom. The fraction of sp³-hybridized carbons (Fsp3) is 0.846. The second-order valence-electron chi connectivity index (χ2n) is 5.44. The summed E-state index contributed by atoms with van der Waals surface area (Å²) in [5.74, 6) is 1.53. The van der Waals surface area contributed by atoms with Crippen molar-refractivity contribution >= 4 is 5.95 Å². The molecule has 2 aliphatic rings. The molecular weight excluding hydrogens is 242 g/mol. The average molecular weight is 265 g/mol. The van der Waals surface area contributed by atoms with Crippen LogP contribution in [0.25, 0.3) is 0 Å². The topological polar surface area (TPSA) is 57.4 Å². The molecule has 1 unspecified atom stereocenters. The van der Waals surface area contributed by atoms with E-state index in [9.17, 15) is 0 Å². The minimum absolute atomic E-state index is 0.216. The van der Waals surface area contributed by atoms with Crippen LogP contribution in [0.3, 0.4) is 0 Å². The van der Waals surface area contributed by atoms with E-state index < -0.39 is 0 Å². The summed E-state index contributed by atoms with van der Waals surface area (Å²) in [6, 6.07) is 0.216. The van der Waals surface area contributed by atoms with Crippen molar-refractivity contribution in [2.75, 3.05) is 44.2 Å². The molecule has 2 fully saturated rings. The minimum atomic E-state index is 0.216. The molecule has 2 aliphatic heterocycles.